The number of nitrogens with zero attached hydrogens (tertiary/aromatic N) is 1. The van der Waals surface area contributed by atoms with Gasteiger partial charge in [-0.3, -0.25) is 9.69 Å². The Labute approximate surface area is 202 Å². The minimum atomic E-state index is -0.625. The van der Waals surface area contributed by atoms with Crippen LogP contribution in [0.15, 0.2) is 30.3 Å². The molecule has 0 amide bonds. The van der Waals surface area contributed by atoms with Gasteiger partial charge < -0.3 is 9.84 Å². The summed E-state index contributed by atoms with van der Waals surface area (Å²) in [4.78, 5) is 14.2. The van der Waals surface area contributed by atoms with Crippen molar-refractivity contribution < 1.29 is 14.6 Å². The van der Waals surface area contributed by atoms with E-state index in [-0.39, 0.29) is 12.0 Å². The first-order valence-electron chi connectivity index (χ1n) is 12.9. The van der Waals surface area contributed by atoms with Crippen LogP contribution < -0.4 is 4.74 Å². The molecule has 2 atom stereocenters. The Bertz CT molecular complexity index is 986. The Morgan fingerprint density at radius 2 is 1.76 bits per heavy atom. The summed E-state index contributed by atoms with van der Waals surface area (Å²) in [5, 5.41) is 12.5. The van der Waals surface area contributed by atoms with Crippen molar-refractivity contribution in [2.75, 3.05) is 0 Å². The molecule has 2 heterocycles. The third kappa shape index (κ3) is 4.88. The van der Waals surface area contributed by atoms with Gasteiger partial charge in [-0.1, -0.05) is 49.6 Å². The number of halogens is 1. The fraction of sp³-hybridized carbons (Fsp3) is 0.607. The van der Waals surface area contributed by atoms with Gasteiger partial charge in [0.1, 0.15) is 5.75 Å². The third-order valence-electron chi connectivity index (χ3n) is 8.49. The lowest BCUT2D eigenvalue weighted by atomic mass is 9.78. The second-order valence-corrected chi connectivity index (χ2v) is 10.9. The fourth-order valence-electron chi connectivity index (χ4n) is 6.49. The van der Waals surface area contributed by atoms with E-state index in [0.29, 0.717) is 12.1 Å². The zero-order chi connectivity index (χ0) is 22.9. The zero-order valence-corrected chi connectivity index (χ0v) is 20.4. The number of carbonyl (C=O) groups is 1. The molecule has 2 aromatic rings. The van der Waals surface area contributed by atoms with Gasteiger partial charge in [-0.15, -0.1) is 0 Å². The highest BCUT2D eigenvalue weighted by atomic mass is 35.5. The Hall–Kier alpha value is -1.78. The summed E-state index contributed by atoms with van der Waals surface area (Å²) >= 11 is 6.88. The van der Waals surface area contributed by atoms with Crippen molar-refractivity contribution in [1.29, 1.82) is 0 Å². The monoisotopic (exact) mass is 469 g/mol. The van der Waals surface area contributed by atoms with E-state index in [9.17, 15) is 9.90 Å². The molecule has 3 fully saturated rings. The van der Waals surface area contributed by atoms with Crippen LogP contribution in [0.25, 0.3) is 10.8 Å². The summed E-state index contributed by atoms with van der Waals surface area (Å²) in [6.07, 6.45) is 11.2. The molecule has 4 nitrogen and oxygen atoms in total. The molecule has 0 radical (unpaired) electrons. The van der Waals surface area contributed by atoms with Crippen molar-refractivity contribution in [3.05, 3.63) is 40.9 Å². The molecule has 33 heavy (non-hydrogen) atoms. The highest BCUT2D eigenvalue weighted by Gasteiger charge is 2.40. The van der Waals surface area contributed by atoms with Crippen LogP contribution in [0.5, 0.6) is 5.75 Å². The first kappa shape index (κ1) is 23.0. The molecule has 2 aliphatic heterocycles. The highest BCUT2D eigenvalue weighted by Crippen LogP contribution is 2.40. The van der Waals surface area contributed by atoms with Gasteiger partial charge in [0.15, 0.2) is 0 Å². The molecular formula is C28H36ClNO3. The van der Waals surface area contributed by atoms with Gasteiger partial charge in [0, 0.05) is 24.0 Å². The van der Waals surface area contributed by atoms with Crippen molar-refractivity contribution in [1.82, 2.24) is 4.90 Å². The maximum absolute atomic E-state index is 11.6. The van der Waals surface area contributed by atoms with E-state index >= 15 is 0 Å². The van der Waals surface area contributed by atoms with Gasteiger partial charge in [-0.05, 0) is 80.4 Å². The average molecular weight is 470 g/mol. The number of hydrogen-bond donors (Lipinski definition) is 1. The van der Waals surface area contributed by atoms with Crippen LogP contribution in [0.4, 0.5) is 0 Å². The van der Waals surface area contributed by atoms with E-state index in [4.69, 9.17) is 16.3 Å². The molecule has 5 rings (SSSR count). The first-order valence-corrected chi connectivity index (χ1v) is 13.3. The molecule has 178 valence electrons. The lowest BCUT2D eigenvalue weighted by Crippen LogP contribution is -2.52. The number of rotatable bonds is 6. The molecule has 2 saturated heterocycles. The van der Waals surface area contributed by atoms with Crippen LogP contribution in [0, 0.1) is 11.8 Å². The zero-order valence-electron chi connectivity index (χ0n) is 19.6. The van der Waals surface area contributed by atoms with E-state index in [1.54, 1.807) is 0 Å². The SMILES string of the molecule is CC[C@H]1CC[C@@H](Oc2ccc3ccc(CN4C5CCCC4CC(C(=O)O)C5)cc3c2Cl)CC1. The molecule has 0 aromatic heterocycles. The molecule has 5 heteroatoms. The number of aliphatic carboxylic acids is 1. The Kier molecular flexibility index (Phi) is 6.85. The number of benzene rings is 2. The predicted octanol–water partition coefficient (Wildman–Crippen LogP) is 7.06. The third-order valence-corrected chi connectivity index (χ3v) is 8.88. The molecular weight excluding hydrogens is 434 g/mol. The van der Waals surface area contributed by atoms with Crippen molar-refractivity contribution in [2.45, 2.75) is 95.9 Å². The van der Waals surface area contributed by atoms with E-state index in [0.717, 1.165) is 72.5 Å². The number of ether oxygens (including phenoxy) is 1. The molecule has 3 aliphatic rings. The quantitative estimate of drug-likeness (QED) is 0.492. The van der Waals surface area contributed by atoms with Crippen molar-refractivity contribution in [3.8, 4) is 5.75 Å². The maximum Gasteiger partial charge on any atom is 0.306 e. The fourth-order valence-corrected chi connectivity index (χ4v) is 6.76. The molecule has 2 bridgehead atoms. The summed E-state index contributed by atoms with van der Waals surface area (Å²) in [5.74, 6) is 0.842. The number of hydrogen-bond acceptors (Lipinski definition) is 3. The van der Waals surface area contributed by atoms with Gasteiger partial charge in [-0.2, -0.15) is 0 Å². The second-order valence-electron chi connectivity index (χ2n) is 10.5. The first-order chi connectivity index (χ1) is 16.0. The Morgan fingerprint density at radius 3 is 2.42 bits per heavy atom. The van der Waals surface area contributed by atoms with E-state index in [2.05, 4.69) is 36.1 Å². The van der Waals surface area contributed by atoms with E-state index in [1.807, 2.05) is 6.07 Å². The van der Waals surface area contributed by atoms with E-state index < -0.39 is 5.97 Å². The summed E-state index contributed by atoms with van der Waals surface area (Å²) in [6.45, 7) is 3.14. The van der Waals surface area contributed by atoms with Gasteiger partial charge in [0.2, 0.25) is 0 Å². The van der Waals surface area contributed by atoms with Gasteiger partial charge in [-0.25, -0.2) is 0 Å². The number of piperidine rings is 2. The maximum atomic E-state index is 11.6. The standard InChI is InChI=1S/C28H36ClNO3/c1-2-18-7-11-24(12-8-18)33-26-13-10-20-9-6-19(14-25(20)27(26)29)17-30-22-4-3-5-23(30)16-21(15-22)28(31)32/h6,9-10,13-14,18,21-24H,2-5,7-8,11-12,15-17H2,1H3,(H,31,32)/t18-,21?,22?,23?,24+. The van der Waals surface area contributed by atoms with Crippen LogP contribution in [0.2, 0.25) is 5.02 Å². The van der Waals surface area contributed by atoms with Gasteiger partial charge in [0.05, 0.1) is 17.0 Å². The molecule has 2 aromatic carbocycles. The second kappa shape index (κ2) is 9.84. The van der Waals surface area contributed by atoms with Crippen molar-refractivity contribution in [2.24, 2.45) is 11.8 Å². The van der Waals surface area contributed by atoms with Crippen molar-refractivity contribution >= 4 is 28.3 Å². The highest BCUT2D eigenvalue weighted by molar-refractivity contribution is 6.37. The number of carboxylic acids is 1. The Balaban J connectivity index is 1.33. The van der Waals surface area contributed by atoms with Crippen LogP contribution in [0.3, 0.4) is 0 Å². The average Bonchev–Trinajstić information content (AvgIpc) is 2.81. The van der Waals surface area contributed by atoms with Gasteiger partial charge in [0.25, 0.3) is 0 Å². The van der Waals surface area contributed by atoms with Crippen LogP contribution in [-0.2, 0) is 11.3 Å². The normalized spacial score (nSPS) is 30.3. The van der Waals surface area contributed by atoms with Crippen molar-refractivity contribution in [3.63, 3.8) is 0 Å². The number of carboxylic acid groups (broad SMARTS) is 1. The lowest BCUT2D eigenvalue weighted by molar-refractivity contribution is -0.146. The minimum Gasteiger partial charge on any atom is -0.489 e. The molecule has 0 spiro atoms. The Morgan fingerprint density at radius 1 is 1.06 bits per heavy atom. The summed E-state index contributed by atoms with van der Waals surface area (Å²) in [7, 11) is 0. The number of fused-ring (bicyclic) bond motifs is 3. The molecule has 1 saturated carbocycles. The lowest BCUT2D eigenvalue weighted by Gasteiger charge is -2.48. The summed E-state index contributed by atoms with van der Waals surface area (Å²) in [5.41, 5.74) is 1.25. The van der Waals surface area contributed by atoms with Gasteiger partial charge >= 0.3 is 5.97 Å². The smallest absolute Gasteiger partial charge is 0.306 e. The minimum absolute atomic E-state index is 0.185. The summed E-state index contributed by atoms with van der Waals surface area (Å²) < 4.78 is 6.37. The van der Waals surface area contributed by atoms with Crippen LogP contribution in [-0.4, -0.2) is 34.2 Å². The molecule has 1 N–H and O–H groups in total. The topological polar surface area (TPSA) is 49.8 Å². The molecule has 1 aliphatic carbocycles. The van der Waals surface area contributed by atoms with Crippen LogP contribution in [0.1, 0.15) is 76.7 Å². The van der Waals surface area contributed by atoms with Crippen LogP contribution >= 0.6 is 11.6 Å². The predicted molar refractivity (Wildman–Crippen MR) is 133 cm³/mol. The summed E-state index contributed by atoms with van der Waals surface area (Å²) in [6, 6.07) is 11.5. The molecule has 2 unspecified atom stereocenters. The van der Waals surface area contributed by atoms with E-state index in [1.165, 1.54) is 31.2 Å². The largest absolute Gasteiger partial charge is 0.489 e.